The Hall–Kier alpha value is -4.25. The first-order valence-electron chi connectivity index (χ1n) is 13.3. The molecule has 0 aliphatic heterocycles. The Morgan fingerprint density at radius 2 is 1.38 bits per heavy atom. The normalized spacial score (nSPS) is 12.2. The maximum absolute atomic E-state index is 14.1. The van der Waals surface area contributed by atoms with Gasteiger partial charge in [0.05, 0.1) is 31.9 Å². The van der Waals surface area contributed by atoms with E-state index in [1.807, 2.05) is 20.8 Å². The molecular weight excluding hydrogens is 558 g/mol. The van der Waals surface area contributed by atoms with Crippen molar-refractivity contribution in [2.45, 2.75) is 50.7 Å². The number of hydrogen-bond donors (Lipinski definition) is 1. The van der Waals surface area contributed by atoms with Crippen LogP contribution in [-0.2, 0) is 26.2 Å². The number of sulfonamides is 1. The Kier molecular flexibility index (Phi) is 10.5. The van der Waals surface area contributed by atoms with Gasteiger partial charge in [0.25, 0.3) is 10.0 Å². The SMILES string of the molecule is COc1ccc(CN(C(=O)CN(c2ccccc2OC)S(=O)(=O)c2ccc(OC)cc2)C(C)C(=O)NC(C)(C)C)cc1. The van der Waals surface area contributed by atoms with Crippen LogP contribution >= 0.6 is 0 Å². The lowest BCUT2D eigenvalue weighted by atomic mass is 10.1. The molecule has 0 aliphatic carbocycles. The van der Waals surface area contributed by atoms with Gasteiger partial charge in [-0.05, 0) is 81.8 Å². The number of nitrogens with one attached hydrogen (secondary N) is 1. The highest BCUT2D eigenvalue weighted by Gasteiger charge is 2.34. The monoisotopic (exact) mass is 597 g/mol. The van der Waals surface area contributed by atoms with Gasteiger partial charge in [0.15, 0.2) is 0 Å². The Morgan fingerprint density at radius 1 is 0.833 bits per heavy atom. The van der Waals surface area contributed by atoms with Gasteiger partial charge >= 0.3 is 0 Å². The topological polar surface area (TPSA) is 114 Å². The molecular formula is C31H39N3O7S. The molecule has 42 heavy (non-hydrogen) atoms. The summed E-state index contributed by atoms with van der Waals surface area (Å²) in [5.41, 5.74) is 0.378. The number of carbonyl (C=O) groups excluding carboxylic acids is 2. The van der Waals surface area contributed by atoms with Gasteiger partial charge in [0.1, 0.15) is 29.8 Å². The summed E-state index contributed by atoms with van der Waals surface area (Å²) < 4.78 is 45.0. The van der Waals surface area contributed by atoms with E-state index in [1.54, 1.807) is 62.6 Å². The van der Waals surface area contributed by atoms with Gasteiger partial charge in [-0.1, -0.05) is 24.3 Å². The zero-order valence-electron chi connectivity index (χ0n) is 25.1. The summed E-state index contributed by atoms with van der Waals surface area (Å²) in [6.07, 6.45) is 0. The molecule has 3 aromatic rings. The van der Waals surface area contributed by atoms with Crippen LogP contribution in [0, 0.1) is 0 Å². The van der Waals surface area contributed by atoms with Crippen molar-refractivity contribution in [1.29, 1.82) is 0 Å². The Labute approximate surface area is 248 Å². The Balaban J connectivity index is 2.07. The Bertz CT molecular complexity index is 1470. The maximum Gasteiger partial charge on any atom is 0.264 e. The standard InChI is InChI=1S/C31H39N3O7S/c1-22(30(36)32-31(2,3)4)33(20-23-12-14-24(39-5)15-13-23)29(35)21-34(27-10-8-9-11-28(27)41-7)42(37,38)26-18-16-25(40-6)17-19-26/h8-19,22H,20-21H2,1-7H3,(H,32,36). The summed E-state index contributed by atoms with van der Waals surface area (Å²) in [5, 5.41) is 2.91. The summed E-state index contributed by atoms with van der Waals surface area (Å²) in [5.74, 6) is 0.445. The first kappa shape index (κ1) is 32.3. The van der Waals surface area contributed by atoms with E-state index in [-0.39, 0.29) is 28.8 Å². The average molecular weight is 598 g/mol. The number of anilines is 1. The van der Waals surface area contributed by atoms with Crippen molar-refractivity contribution < 1.29 is 32.2 Å². The van der Waals surface area contributed by atoms with E-state index in [0.717, 1.165) is 9.87 Å². The fraction of sp³-hybridized carbons (Fsp3) is 0.355. The Morgan fingerprint density at radius 3 is 1.90 bits per heavy atom. The van der Waals surface area contributed by atoms with Crippen LogP contribution in [0.25, 0.3) is 0 Å². The van der Waals surface area contributed by atoms with E-state index in [0.29, 0.717) is 11.5 Å². The molecule has 0 aromatic heterocycles. The number of hydrogen-bond acceptors (Lipinski definition) is 7. The average Bonchev–Trinajstić information content (AvgIpc) is 2.97. The van der Waals surface area contributed by atoms with Crippen molar-refractivity contribution in [3.63, 3.8) is 0 Å². The quantitative estimate of drug-likeness (QED) is 0.332. The molecule has 0 spiro atoms. The van der Waals surface area contributed by atoms with Crippen LogP contribution in [0.1, 0.15) is 33.3 Å². The summed E-state index contributed by atoms with van der Waals surface area (Å²) in [6.45, 7) is 6.63. The number of amides is 2. The van der Waals surface area contributed by atoms with Crippen LogP contribution in [-0.4, -0.2) is 64.6 Å². The van der Waals surface area contributed by atoms with Gasteiger partial charge in [0, 0.05) is 12.1 Å². The van der Waals surface area contributed by atoms with Crippen molar-refractivity contribution in [1.82, 2.24) is 10.2 Å². The van der Waals surface area contributed by atoms with E-state index < -0.39 is 34.1 Å². The molecule has 1 N–H and O–H groups in total. The molecule has 0 saturated carbocycles. The van der Waals surface area contributed by atoms with E-state index in [2.05, 4.69) is 5.32 Å². The number of carbonyl (C=O) groups is 2. The van der Waals surface area contributed by atoms with Crippen molar-refractivity contribution >= 4 is 27.5 Å². The minimum absolute atomic E-state index is 0.0396. The summed E-state index contributed by atoms with van der Waals surface area (Å²) in [6, 6.07) is 18.6. The molecule has 1 atom stereocenters. The number of methoxy groups -OCH3 is 3. The van der Waals surface area contributed by atoms with Gasteiger partial charge in [-0.3, -0.25) is 13.9 Å². The molecule has 1 unspecified atom stereocenters. The first-order valence-corrected chi connectivity index (χ1v) is 14.8. The number of para-hydroxylation sites is 2. The lowest BCUT2D eigenvalue weighted by Crippen LogP contribution is -2.54. The molecule has 3 aromatic carbocycles. The van der Waals surface area contributed by atoms with E-state index in [4.69, 9.17) is 14.2 Å². The minimum Gasteiger partial charge on any atom is -0.497 e. The van der Waals surface area contributed by atoms with Gasteiger partial charge in [-0.15, -0.1) is 0 Å². The highest BCUT2D eigenvalue weighted by atomic mass is 32.2. The highest BCUT2D eigenvalue weighted by molar-refractivity contribution is 7.92. The second-order valence-corrected chi connectivity index (χ2v) is 12.5. The van der Waals surface area contributed by atoms with E-state index in [1.165, 1.54) is 43.4 Å². The lowest BCUT2D eigenvalue weighted by Gasteiger charge is -2.33. The van der Waals surface area contributed by atoms with Crippen LogP contribution in [0.4, 0.5) is 5.69 Å². The number of benzene rings is 3. The molecule has 226 valence electrons. The largest absolute Gasteiger partial charge is 0.497 e. The van der Waals surface area contributed by atoms with Crippen molar-refractivity contribution in [2.75, 3.05) is 32.2 Å². The second kappa shape index (κ2) is 13.6. The van der Waals surface area contributed by atoms with Crippen LogP contribution in [0.5, 0.6) is 17.2 Å². The molecule has 0 radical (unpaired) electrons. The molecule has 0 heterocycles. The third-order valence-corrected chi connectivity index (χ3v) is 8.23. The minimum atomic E-state index is -4.26. The number of rotatable bonds is 12. The van der Waals surface area contributed by atoms with Crippen molar-refractivity contribution in [2.24, 2.45) is 0 Å². The third-order valence-electron chi connectivity index (χ3n) is 6.46. The fourth-order valence-corrected chi connectivity index (χ4v) is 5.63. The number of ether oxygens (including phenoxy) is 3. The predicted molar refractivity (Wildman–Crippen MR) is 161 cm³/mol. The summed E-state index contributed by atoms with van der Waals surface area (Å²) in [7, 11) is 0.199. The summed E-state index contributed by atoms with van der Waals surface area (Å²) >= 11 is 0. The molecule has 3 rings (SSSR count). The second-order valence-electron chi connectivity index (χ2n) is 10.6. The maximum atomic E-state index is 14.1. The zero-order chi connectivity index (χ0) is 31.1. The van der Waals surface area contributed by atoms with Crippen LogP contribution in [0.15, 0.2) is 77.7 Å². The van der Waals surface area contributed by atoms with E-state index >= 15 is 0 Å². The number of nitrogens with zero attached hydrogens (tertiary/aromatic N) is 2. The molecule has 0 fully saturated rings. The van der Waals surface area contributed by atoms with E-state index in [9.17, 15) is 18.0 Å². The summed E-state index contributed by atoms with van der Waals surface area (Å²) in [4.78, 5) is 28.7. The van der Waals surface area contributed by atoms with Gasteiger partial charge in [0.2, 0.25) is 11.8 Å². The van der Waals surface area contributed by atoms with Crippen molar-refractivity contribution in [3.8, 4) is 17.2 Å². The third kappa shape index (κ3) is 7.94. The van der Waals surface area contributed by atoms with Crippen LogP contribution in [0.3, 0.4) is 0 Å². The van der Waals surface area contributed by atoms with Crippen LogP contribution < -0.4 is 23.8 Å². The van der Waals surface area contributed by atoms with Crippen LogP contribution in [0.2, 0.25) is 0 Å². The van der Waals surface area contributed by atoms with Gasteiger partial charge < -0.3 is 24.4 Å². The molecule has 0 saturated heterocycles. The predicted octanol–water partition coefficient (Wildman–Crippen LogP) is 4.24. The molecule has 0 bridgehead atoms. The molecule has 2 amide bonds. The smallest absolute Gasteiger partial charge is 0.264 e. The first-order chi connectivity index (χ1) is 19.8. The van der Waals surface area contributed by atoms with Gasteiger partial charge in [-0.25, -0.2) is 8.42 Å². The highest BCUT2D eigenvalue weighted by Crippen LogP contribution is 2.33. The molecule has 11 heteroatoms. The molecule has 0 aliphatic rings. The van der Waals surface area contributed by atoms with Gasteiger partial charge in [-0.2, -0.15) is 0 Å². The van der Waals surface area contributed by atoms with Crippen molar-refractivity contribution in [3.05, 3.63) is 78.4 Å². The lowest BCUT2D eigenvalue weighted by molar-refractivity contribution is -0.140. The zero-order valence-corrected chi connectivity index (χ0v) is 25.9. The fourth-order valence-electron chi connectivity index (χ4n) is 4.21. The molecule has 10 nitrogen and oxygen atoms in total.